The zero-order valence-electron chi connectivity index (χ0n) is 12.1. The molecule has 0 aliphatic heterocycles. The van der Waals surface area contributed by atoms with Crippen molar-refractivity contribution in [2.75, 3.05) is 0 Å². The minimum absolute atomic E-state index is 0.0957. The molecule has 2 N–H and O–H groups in total. The monoisotopic (exact) mass is 275 g/mol. The molecular formula is C16H21NO3. The highest BCUT2D eigenvalue weighted by Crippen LogP contribution is 2.47. The van der Waals surface area contributed by atoms with Crippen molar-refractivity contribution >= 4 is 11.9 Å². The van der Waals surface area contributed by atoms with Crippen molar-refractivity contribution in [3.8, 4) is 0 Å². The standard InChI is InChI=1S/C16H21NO3/c1-16(2,3)13(15(19)20)17-14(18)12-9-11(12)10-7-5-4-6-8-10/h4-8,11-13H,9H2,1-3H3,(H,17,18)(H,19,20)/t11?,12?,13-/m0/s1. The lowest BCUT2D eigenvalue weighted by molar-refractivity contribution is -0.145. The van der Waals surface area contributed by atoms with Gasteiger partial charge in [0.1, 0.15) is 6.04 Å². The smallest absolute Gasteiger partial charge is 0.326 e. The maximum atomic E-state index is 12.2. The van der Waals surface area contributed by atoms with Gasteiger partial charge in [-0.15, -0.1) is 0 Å². The third kappa shape index (κ3) is 3.18. The Morgan fingerprint density at radius 1 is 1.25 bits per heavy atom. The third-order valence-corrected chi connectivity index (χ3v) is 3.75. The third-order valence-electron chi connectivity index (χ3n) is 3.75. The summed E-state index contributed by atoms with van der Waals surface area (Å²) in [7, 11) is 0. The van der Waals surface area contributed by atoms with Gasteiger partial charge in [-0.05, 0) is 23.3 Å². The molecule has 0 spiro atoms. The van der Waals surface area contributed by atoms with E-state index in [1.165, 1.54) is 0 Å². The molecule has 108 valence electrons. The topological polar surface area (TPSA) is 66.4 Å². The van der Waals surface area contributed by atoms with Gasteiger partial charge in [-0.2, -0.15) is 0 Å². The number of amides is 1. The van der Waals surface area contributed by atoms with Crippen LogP contribution in [0.2, 0.25) is 0 Å². The molecule has 0 aromatic heterocycles. The van der Waals surface area contributed by atoms with E-state index in [2.05, 4.69) is 5.32 Å². The number of rotatable bonds is 4. The molecule has 1 saturated carbocycles. The van der Waals surface area contributed by atoms with E-state index in [9.17, 15) is 14.7 Å². The van der Waals surface area contributed by atoms with Gasteiger partial charge in [0.2, 0.25) is 5.91 Å². The van der Waals surface area contributed by atoms with E-state index in [0.717, 1.165) is 12.0 Å². The summed E-state index contributed by atoms with van der Waals surface area (Å²) >= 11 is 0. The van der Waals surface area contributed by atoms with E-state index in [-0.39, 0.29) is 17.7 Å². The quantitative estimate of drug-likeness (QED) is 0.886. The number of hydrogen-bond acceptors (Lipinski definition) is 2. The molecule has 2 unspecified atom stereocenters. The van der Waals surface area contributed by atoms with E-state index >= 15 is 0 Å². The average molecular weight is 275 g/mol. The summed E-state index contributed by atoms with van der Waals surface area (Å²) in [6, 6.07) is 9.02. The number of hydrogen-bond donors (Lipinski definition) is 2. The summed E-state index contributed by atoms with van der Waals surface area (Å²) in [5, 5.41) is 11.9. The molecule has 1 amide bonds. The molecule has 4 nitrogen and oxygen atoms in total. The zero-order valence-corrected chi connectivity index (χ0v) is 12.1. The SMILES string of the molecule is CC(C)(C)[C@@H](NC(=O)C1CC1c1ccccc1)C(=O)O. The lowest BCUT2D eigenvalue weighted by atomic mass is 9.86. The van der Waals surface area contributed by atoms with Crippen molar-refractivity contribution in [3.63, 3.8) is 0 Å². The molecule has 1 aromatic rings. The van der Waals surface area contributed by atoms with Gasteiger partial charge < -0.3 is 10.4 Å². The van der Waals surface area contributed by atoms with Crippen LogP contribution in [0.5, 0.6) is 0 Å². The summed E-state index contributed by atoms with van der Waals surface area (Å²) in [6.07, 6.45) is 0.798. The van der Waals surface area contributed by atoms with Gasteiger partial charge >= 0.3 is 5.97 Å². The lowest BCUT2D eigenvalue weighted by Gasteiger charge is -2.27. The largest absolute Gasteiger partial charge is 0.480 e. The van der Waals surface area contributed by atoms with Gasteiger partial charge in [-0.1, -0.05) is 51.1 Å². The number of carboxylic acids is 1. The Balaban J connectivity index is 1.99. The first kappa shape index (κ1) is 14.6. The second-order valence-corrected chi connectivity index (χ2v) is 6.51. The molecular weight excluding hydrogens is 254 g/mol. The minimum atomic E-state index is -0.984. The number of aliphatic carboxylic acids is 1. The van der Waals surface area contributed by atoms with Crippen LogP contribution in [-0.2, 0) is 9.59 Å². The van der Waals surface area contributed by atoms with Gasteiger partial charge in [-0.3, -0.25) is 4.79 Å². The van der Waals surface area contributed by atoms with E-state index < -0.39 is 17.4 Å². The van der Waals surface area contributed by atoms with Crippen molar-refractivity contribution in [3.05, 3.63) is 35.9 Å². The first-order valence-corrected chi connectivity index (χ1v) is 6.89. The Morgan fingerprint density at radius 2 is 1.85 bits per heavy atom. The zero-order chi connectivity index (χ0) is 14.9. The minimum Gasteiger partial charge on any atom is -0.480 e. The van der Waals surface area contributed by atoms with Crippen molar-refractivity contribution in [1.82, 2.24) is 5.32 Å². The summed E-state index contributed by atoms with van der Waals surface area (Å²) in [4.78, 5) is 23.4. The van der Waals surface area contributed by atoms with Gasteiger partial charge in [0, 0.05) is 5.92 Å². The molecule has 0 saturated heterocycles. The summed E-state index contributed by atoms with van der Waals surface area (Å²) in [5.74, 6) is -1.00. The van der Waals surface area contributed by atoms with E-state index in [4.69, 9.17) is 0 Å². The fourth-order valence-corrected chi connectivity index (χ4v) is 2.45. The molecule has 1 aliphatic rings. The Bertz CT molecular complexity index is 504. The van der Waals surface area contributed by atoms with Gasteiger partial charge in [-0.25, -0.2) is 4.79 Å². The lowest BCUT2D eigenvalue weighted by Crippen LogP contribution is -2.49. The molecule has 4 heteroatoms. The maximum absolute atomic E-state index is 12.2. The molecule has 3 atom stereocenters. The number of carboxylic acid groups (broad SMARTS) is 1. The Labute approximate surface area is 119 Å². The van der Waals surface area contributed by atoms with E-state index in [1.807, 2.05) is 51.1 Å². The van der Waals surface area contributed by atoms with Crippen LogP contribution < -0.4 is 5.32 Å². The van der Waals surface area contributed by atoms with Crippen LogP contribution in [0, 0.1) is 11.3 Å². The fourth-order valence-electron chi connectivity index (χ4n) is 2.45. The Kier molecular flexibility index (Phi) is 3.84. The highest BCUT2D eigenvalue weighted by molar-refractivity contribution is 5.88. The molecule has 1 aromatic carbocycles. The van der Waals surface area contributed by atoms with Gasteiger partial charge in [0.05, 0.1) is 0 Å². The highest BCUT2D eigenvalue weighted by atomic mass is 16.4. The Hall–Kier alpha value is -1.84. The molecule has 2 rings (SSSR count). The van der Waals surface area contributed by atoms with E-state index in [0.29, 0.717) is 0 Å². The predicted octanol–water partition coefficient (Wildman–Crippen LogP) is 2.41. The number of carbonyl (C=O) groups is 2. The number of carbonyl (C=O) groups excluding carboxylic acids is 1. The van der Waals surface area contributed by atoms with Crippen LogP contribution in [0.15, 0.2) is 30.3 Å². The van der Waals surface area contributed by atoms with E-state index in [1.54, 1.807) is 0 Å². The maximum Gasteiger partial charge on any atom is 0.326 e. The van der Waals surface area contributed by atoms with Crippen molar-refractivity contribution in [1.29, 1.82) is 0 Å². The first-order valence-electron chi connectivity index (χ1n) is 6.89. The van der Waals surface area contributed by atoms with Crippen molar-refractivity contribution in [2.24, 2.45) is 11.3 Å². The second-order valence-electron chi connectivity index (χ2n) is 6.51. The normalized spacial score (nSPS) is 22.9. The molecule has 0 bridgehead atoms. The van der Waals surface area contributed by atoms with Crippen LogP contribution in [0.3, 0.4) is 0 Å². The molecule has 1 fully saturated rings. The molecule has 1 aliphatic carbocycles. The average Bonchev–Trinajstić information content (AvgIpc) is 3.15. The predicted molar refractivity (Wildman–Crippen MR) is 76.3 cm³/mol. The summed E-state index contributed by atoms with van der Waals surface area (Å²) < 4.78 is 0. The van der Waals surface area contributed by atoms with Crippen molar-refractivity contribution < 1.29 is 14.7 Å². The van der Waals surface area contributed by atoms with Crippen LogP contribution in [0.25, 0.3) is 0 Å². The summed E-state index contributed by atoms with van der Waals surface area (Å²) in [6.45, 7) is 5.44. The molecule has 0 heterocycles. The van der Waals surface area contributed by atoms with Gasteiger partial charge in [0.15, 0.2) is 0 Å². The molecule has 0 radical (unpaired) electrons. The van der Waals surface area contributed by atoms with Crippen LogP contribution in [0.1, 0.15) is 38.7 Å². The number of benzene rings is 1. The number of nitrogens with one attached hydrogen (secondary N) is 1. The summed E-state index contributed by atoms with van der Waals surface area (Å²) in [5.41, 5.74) is 0.647. The highest BCUT2D eigenvalue weighted by Gasteiger charge is 2.45. The first-order chi connectivity index (χ1) is 9.30. The fraction of sp³-hybridized carbons (Fsp3) is 0.500. The Morgan fingerprint density at radius 3 is 2.35 bits per heavy atom. The van der Waals surface area contributed by atoms with Crippen LogP contribution >= 0.6 is 0 Å². The molecule has 20 heavy (non-hydrogen) atoms. The van der Waals surface area contributed by atoms with Crippen molar-refractivity contribution in [2.45, 2.75) is 39.2 Å². The second kappa shape index (κ2) is 5.27. The van der Waals surface area contributed by atoms with Gasteiger partial charge in [0.25, 0.3) is 0 Å². The van der Waals surface area contributed by atoms with Crippen LogP contribution in [0.4, 0.5) is 0 Å². The van der Waals surface area contributed by atoms with Crippen LogP contribution in [-0.4, -0.2) is 23.0 Å².